The predicted molar refractivity (Wildman–Crippen MR) is 88.6 cm³/mol. The summed E-state index contributed by atoms with van der Waals surface area (Å²) < 4.78 is 0.994. The molecule has 0 aliphatic heterocycles. The first-order chi connectivity index (χ1) is 10.1. The molecule has 0 fully saturated rings. The van der Waals surface area contributed by atoms with Crippen molar-refractivity contribution >= 4 is 38.3 Å². The van der Waals surface area contributed by atoms with E-state index in [9.17, 15) is 4.79 Å². The number of anilines is 1. The zero-order valence-corrected chi connectivity index (χ0v) is 13.0. The molecule has 0 aliphatic carbocycles. The second-order valence-corrected chi connectivity index (χ2v) is 5.67. The minimum absolute atomic E-state index is 0.123. The number of fused-ring (bicyclic) bond motifs is 1. The fourth-order valence-corrected chi connectivity index (χ4v) is 2.45. The molecule has 21 heavy (non-hydrogen) atoms. The summed E-state index contributed by atoms with van der Waals surface area (Å²) in [6.45, 7) is 1.96. The Labute approximate surface area is 131 Å². The lowest BCUT2D eigenvalue weighted by Crippen LogP contribution is -2.12. The number of amides is 1. The van der Waals surface area contributed by atoms with Gasteiger partial charge in [-0.2, -0.15) is 0 Å². The molecule has 2 aromatic carbocycles. The SMILES string of the molecule is Cc1cc(C(=O)Nc2cccc3ccncc23)ccc1Br. The molecule has 0 radical (unpaired) electrons. The first kappa shape index (κ1) is 13.8. The normalized spacial score (nSPS) is 10.6. The van der Waals surface area contributed by atoms with Crippen molar-refractivity contribution in [1.29, 1.82) is 0 Å². The summed E-state index contributed by atoms with van der Waals surface area (Å²) >= 11 is 3.44. The highest BCUT2D eigenvalue weighted by molar-refractivity contribution is 9.10. The number of aryl methyl sites for hydroxylation is 1. The van der Waals surface area contributed by atoms with Crippen LogP contribution in [0.4, 0.5) is 5.69 Å². The Balaban J connectivity index is 1.94. The van der Waals surface area contributed by atoms with Gasteiger partial charge in [-0.3, -0.25) is 9.78 Å². The van der Waals surface area contributed by atoms with Crippen LogP contribution in [0.1, 0.15) is 15.9 Å². The maximum Gasteiger partial charge on any atom is 0.255 e. The molecule has 1 N–H and O–H groups in total. The van der Waals surface area contributed by atoms with Crippen molar-refractivity contribution in [3.8, 4) is 0 Å². The van der Waals surface area contributed by atoms with Crippen molar-refractivity contribution in [2.75, 3.05) is 5.32 Å². The molecule has 4 heteroatoms. The average molecular weight is 341 g/mol. The van der Waals surface area contributed by atoms with E-state index >= 15 is 0 Å². The maximum atomic E-state index is 12.4. The minimum Gasteiger partial charge on any atom is -0.321 e. The molecule has 0 saturated heterocycles. The first-order valence-corrected chi connectivity index (χ1v) is 7.35. The average Bonchev–Trinajstić information content (AvgIpc) is 2.50. The third-order valence-corrected chi connectivity index (χ3v) is 4.24. The highest BCUT2D eigenvalue weighted by Gasteiger charge is 2.09. The highest BCUT2D eigenvalue weighted by Crippen LogP contribution is 2.23. The van der Waals surface area contributed by atoms with Gasteiger partial charge in [-0.1, -0.05) is 28.1 Å². The Morgan fingerprint density at radius 2 is 2.05 bits per heavy atom. The molecule has 0 aliphatic rings. The second-order valence-electron chi connectivity index (χ2n) is 4.82. The standard InChI is InChI=1S/C17H13BrN2O/c1-11-9-13(5-6-15(11)18)17(21)20-16-4-2-3-12-7-8-19-10-14(12)16/h2-10H,1H3,(H,20,21). The van der Waals surface area contributed by atoms with Crippen molar-refractivity contribution in [1.82, 2.24) is 4.98 Å². The van der Waals surface area contributed by atoms with Gasteiger partial charge >= 0.3 is 0 Å². The van der Waals surface area contributed by atoms with E-state index in [1.807, 2.05) is 43.3 Å². The predicted octanol–water partition coefficient (Wildman–Crippen LogP) is 4.56. The Bertz CT molecular complexity index is 825. The molecule has 1 heterocycles. The van der Waals surface area contributed by atoms with Crippen LogP contribution in [0.15, 0.2) is 59.3 Å². The summed E-state index contributed by atoms with van der Waals surface area (Å²) in [5, 5.41) is 4.94. The van der Waals surface area contributed by atoms with Crippen LogP contribution in [0.25, 0.3) is 10.8 Å². The Morgan fingerprint density at radius 1 is 1.19 bits per heavy atom. The first-order valence-electron chi connectivity index (χ1n) is 6.55. The molecule has 0 saturated carbocycles. The third-order valence-electron chi connectivity index (χ3n) is 3.35. The topological polar surface area (TPSA) is 42.0 Å². The zero-order valence-electron chi connectivity index (χ0n) is 11.4. The van der Waals surface area contributed by atoms with Gasteiger partial charge in [0.25, 0.3) is 5.91 Å². The molecular formula is C17H13BrN2O. The number of pyridine rings is 1. The summed E-state index contributed by atoms with van der Waals surface area (Å²) in [5.74, 6) is -0.123. The van der Waals surface area contributed by atoms with Gasteiger partial charge in [-0.25, -0.2) is 0 Å². The molecule has 0 spiro atoms. The summed E-state index contributed by atoms with van der Waals surface area (Å²) in [6.07, 6.45) is 3.50. The number of rotatable bonds is 2. The summed E-state index contributed by atoms with van der Waals surface area (Å²) in [7, 11) is 0. The molecule has 104 valence electrons. The number of hydrogen-bond acceptors (Lipinski definition) is 2. The number of hydrogen-bond donors (Lipinski definition) is 1. The molecule has 3 aromatic rings. The lowest BCUT2D eigenvalue weighted by molar-refractivity contribution is 0.102. The van der Waals surface area contributed by atoms with Crippen molar-refractivity contribution in [3.05, 3.63) is 70.5 Å². The fraction of sp³-hybridized carbons (Fsp3) is 0.0588. The van der Waals surface area contributed by atoms with E-state index in [-0.39, 0.29) is 5.91 Å². The Kier molecular flexibility index (Phi) is 3.71. The van der Waals surface area contributed by atoms with Crippen LogP contribution in [0.5, 0.6) is 0 Å². The van der Waals surface area contributed by atoms with Crippen LogP contribution in [0, 0.1) is 6.92 Å². The summed E-state index contributed by atoms with van der Waals surface area (Å²) in [4.78, 5) is 16.5. The maximum absolute atomic E-state index is 12.4. The third kappa shape index (κ3) is 2.81. The van der Waals surface area contributed by atoms with Gasteiger partial charge in [0, 0.05) is 27.8 Å². The van der Waals surface area contributed by atoms with Gasteiger partial charge in [0.2, 0.25) is 0 Å². The van der Waals surface area contributed by atoms with Crippen LogP contribution in [0.3, 0.4) is 0 Å². The molecule has 1 aromatic heterocycles. The van der Waals surface area contributed by atoms with Crippen molar-refractivity contribution in [2.45, 2.75) is 6.92 Å². The summed E-state index contributed by atoms with van der Waals surface area (Å²) in [6, 6.07) is 13.3. The molecule has 0 bridgehead atoms. The monoisotopic (exact) mass is 340 g/mol. The van der Waals surface area contributed by atoms with Gasteiger partial charge in [-0.15, -0.1) is 0 Å². The van der Waals surface area contributed by atoms with Crippen LogP contribution in [0.2, 0.25) is 0 Å². The number of benzene rings is 2. The minimum atomic E-state index is -0.123. The van der Waals surface area contributed by atoms with Crippen molar-refractivity contribution in [2.24, 2.45) is 0 Å². The Hall–Kier alpha value is -2.20. The molecule has 0 atom stereocenters. The smallest absolute Gasteiger partial charge is 0.255 e. The van der Waals surface area contributed by atoms with Gasteiger partial charge in [0.05, 0.1) is 5.69 Å². The van der Waals surface area contributed by atoms with E-state index < -0.39 is 0 Å². The van der Waals surface area contributed by atoms with Gasteiger partial charge in [0.1, 0.15) is 0 Å². The van der Waals surface area contributed by atoms with Gasteiger partial charge < -0.3 is 5.32 Å². The number of carbonyl (C=O) groups excluding carboxylic acids is 1. The second kappa shape index (κ2) is 5.66. The van der Waals surface area contributed by atoms with E-state index in [1.165, 1.54) is 0 Å². The lowest BCUT2D eigenvalue weighted by Gasteiger charge is -2.09. The number of nitrogens with zero attached hydrogens (tertiary/aromatic N) is 1. The molecule has 1 amide bonds. The van der Waals surface area contributed by atoms with Crippen LogP contribution in [-0.2, 0) is 0 Å². The summed E-state index contributed by atoms with van der Waals surface area (Å²) in [5.41, 5.74) is 2.44. The molecular weight excluding hydrogens is 328 g/mol. The van der Waals surface area contributed by atoms with Gasteiger partial charge in [0.15, 0.2) is 0 Å². The van der Waals surface area contributed by atoms with E-state index in [1.54, 1.807) is 18.5 Å². The lowest BCUT2D eigenvalue weighted by atomic mass is 10.1. The largest absolute Gasteiger partial charge is 0.321 e. The van der Waals surface area contributed by atoms with E-state index in [4.69, 9.17) is 0 Å². The van der Waals surface area contributed by atoms with Gasteiger partial charge in [-0.05, 0) is 48.2 Å². The van der Waals surface area contributed by atoms with Crippen LogP contribution >= 0.6 is 15.9 Å². The van der Waals surface area contributed by atoms with E-state index in [2.05, 4.69) is 26.2 Å². The number of aromatic nitrogens is 1. The van der Waals surface area contributed by atoms with Crippen LogP contribution < -0.4 is 5.32 Å². The number of nitrogens with one attached hydrogen (secondary N) is 1. The zero-order chi connectivity index (χ0) is 14.8. The quantitative estimate of drug-likeness (QED) is 0.743. The molecule has 3 nitrogen and oxygen atoms in total. The highest BCUT2D eigenvalue weighted by atomic mass is 79.9. The fourth-order valence-electron chi connectivity index (χ4n) is 2.20. The van der Waals surface area contributed by atoms with Crippen LogP contribution in [-0.4, -0.2) is 10.9 Å². The van der Waals surface area contributed by atoms with E-state index in [0.717, 1.165) is 26.5 Å². The van der Waals surface area contributed by atoms with Crippen molar-refractivity contribution < 1.29 is 4.79 Å². The number of halogens is 1. The Morgan fingerprint density at radius 3 is 2.86 bits per heavy atom. The number of carbonyl (C=O) groups is 1. The molecule has 3 rings (SSSR count). The van der Waals surface area contributed by atoms with E-state index in [0.29, 0.717) is 5.56 Å². The van der Waals surface area contributed by atoms with Crippen molar-refractivity contribution in [3.63, 3.8) is 0 Å². The molecule has 0 unspecified atom stereocenters.